The number of nitrogens with zero attached hydrogens (tertiary/aromatic N) is 3. The molecule has 1 saturated heterocycles. The number of carbonyl (C=O) groups is 1. The summed E-state index contributed by atoms with van der Waals surface area (Å²) in [6.45, 7) is 1.01. The Kier molecular flexibility index (Phi) is 6.51. The van der Waals surface area contributed by atoms with Gasteiger partial charge in [-0.3, -0.25) is 9.69 Å². The molecule has 1 saturated carbocycles. The molecule has 0 bridgehead atoms. The molecule has 2 fully saturated rings. The lowest BCUT2D eigenvalue weighted by Crippen LogP contribution is -2.51. The van der Waals surface area contributed by atoms with Gasteiger partial charge in [-0.2, -0.15) is 0 Å². The number of aromatic amines is 1. The molecule has 1 atom stereocenters. The molecule has 5 rings (SSSR count). The predicted molar refractivity (Wildman–Crippen MR) is 132 cm³/mol. The summed E-state index contributed by atoms with van der Waals surface area (Å²) in [5.74, 6) is 0.982. The number of nitrogens with one attached hydrogen (secondary N) is 3. The van der Waals surface area contributed by atoms with E-state index in [4.69, 9.17) is 11.6 Å². The molecule has 0 spiro atoms. The van der Waals surface area contributed by atoms with Crippen LogP contribution in [0.4, 0.5) is 5.82 Å². The highest BCUT2D eigenvalue weighted by atomic mass is 35.5. The van der Waals surface area contributed by atoms with Crippen molar-refractivity contribution >= 4 is 34.4 Å². The van der Waals surface area contributed by atoms with Crippen LogP contribution < -0.4 is 10.6 Å². The molecule has 174 valence electrons. The van der Waals surface area contributed by atoms with Gasteiger partial charge in [0.05, 0.1) is 6.04 Å². The molecule has 0 radical (unpaired) electrons. The fourth-order valence-corrected chi connectivity index (χ4v) is 5.42. The number of halogens is 1. The van der Waals surface area contributed by atoms with Crippen LogP contribution in [0.1, 0.15) is 44.9 Å². The number of likely N-dealkylation sites (tertiary alicyclic amines) is 1. The van der Waals surface area contributed by atoms with E-state index in [1.807, 2.05) is 24.4 Å². The Labute approximate surface area is 199 Å². The molecule has 2 aliphatic rings. The average Bonchev–Trinajstić information content (AvgIpc) is 3.24. The Balaban J connectivity index is 1.20. The third-order valence-electron chi connectivity index (χ3n) is 7.05. The fraction of sp³-hybridized carbons (Fsp3) is 0.480. The summed E-state index contributed by atoms with van der Waals surface area (Å²) in [5.41, 5.74) is 2.92. The first-order valence-corrected chi connectivity index (χ1v) is 12.3. The normalized spacial score (nSPS) is 24.0. The van der Waals surface area contributed by atoms with E-state index in [1.54, 1.807) is 6.20 Å². The molecule has 8 heteroatoms. The van der Waals surface area contributed by atoms with E-state index in [0.717, 1.165) is 73.0 Å². The number of amides is 1. The third-order valence-corrected chi connectivity index (χ3v) is 7.25. The zero-order valence-electron chi connectivity index (χ0n) is 19.0. The number of piperidine rings is 1. The van der Waals surface area contributed by atoms with E-state index in [2.05, 4.69) is 43.6 Å². The van der Waals surface area contributed by atoms with Crippen molar-refractivity contribution < 1.29 is 4.79 Å². The summed E-state index contributed by atoms with van der Waals surface area (Å²) in [7, 11) is 2.06. The van der Waals surface area contributed by atoms with Crippen LogP contribution in [0.2, 0.25) is 5.15 Å². The number of fused-ring (bicyclic) bond motifs is 1. The van der Waals surface area contributed by atoms with Crippen LogP contribution in [-0.2, 0) is 4.79 Å². The molecule has 1 amide bonds. The quantitative estimate of drug-likeness (QED) is 0.478. The number of rotatable bonds is 5. The molecular weight excluding hydrogens is 436 g/mol. The van der Waals surface area contributed by atoms with Crippen molar-refractivity contribution in [3.05, 3.63) is 41.8 Å². The van der Waals surface area contributed by atoms with E-state index in [9.17, 15) is 4.79 Å². The minimum absolute atomic E-state index is 0.0309. The minimum atomic E-state index is 0.0309. The number of likely N-dealkylation sites (N-methyl/N-ethyl adjacent to an activating group) is 1. The molecular formula is C25H31ClN6O. The van der Waals surface area contributed by atoms with Crippen LogP contribution in [0, 0.1) is 0 Å². The molecule has 7 nitrogen and oxygen atoms in total. The monoisotopic (exact) mass is 466 g/mol. The highest BCUT2D eigenvalue weighted by Gasteiger charge is 2.29. The van der Waals surface area contributed by atoms with Gasteiger partial charge in [0.2, 0.25) is 5.91 Å². The Bertz CT molecular complexity index is 1120. The fourth-order valence-electron chi connectivity index (χ4n) is 5.22. The van der Waals surface area contributed by atoms with Crippen molar-refractivity contribution in [1.82, 2.24) is 25.2 Å². The third kappa shape index (κ3) is 4.99. The number of H-pyrrole nitrogens is 1. The molecule has 3 N–H and O–H groups in total. The molecule has 1 unspecified atom stereocenters. The zero-order valence-corrected chi connectivity index (χ0v) is 19.7. The van der Waals surface area contributed by atoms with Gasteiger partial charge in [0.15, 0.2) is 0 Å². The number of hydrogen-bond donors (Lipinski definition) is 3. The number of carbonyl (C=O) groups excluding carboxylic acids is 1. The highest BCUT2D eigenvalue weighted by molar-refractivity contribution is 6.29. The standard InChI is InChI=1S/C25H31ClN6O/c1-32-12-3-2-6-21(32)25(33)30-18-9-7-17(8-10-18)29-23-14-16(13-22(26)31-23)20-15-28-24-19(20)5-4-11-27-24/h4-5,11,13-15,17-18,21H,2-3,6-10,12H2,1H3,(H,27,28)(H,29,31)(H,30,33). The summed E-state index contributed by atoms with van der Waals surface area (Å²) in [5, 5.41) is 8.40. The van der Waals surface area contributed by atoms with Crippen LogP contribution in [0.15, 0.2) is 36.7 Å². The largest absolute Gasteiger partial charge is 0.367 e. The van der Waals surface area contributed by atoms with Gasteiger partial charge in [0.25, 0.3) is 0 Å². The molecule has 33 heavy (non-hydrogen) atoms. The Morgan fingerprint density at radius 2 is 1.97 bits per heavy atom. The van der Waals surface area contributed by atoms with Gasteiger partial charge in [-0.1, -0.05) is 18.0 Å². The highest BCUT2D eigenvalue weighted by Crippen LogP contribution is 2.31. The summed E-state index contributed by atoms with van der Waals surface area (Å²) in [6, 6.07) is 8.53. The van der Waals surface area contributed by atoms with Gasteiger partial charge in [-0.25, -0.2) is 9.97 Å². The summed E-state index contributed by atoms with van der Waals surface area (Å²) in [4.78, 5) is 27.0. The lowest BCUT2D eigenvalue weighted by molar-refractivity contribution is -0.128. The molecule has 3 aromatic heterocycles. The first kappa shape index (κ1) is 22.2. The maximum absolute atomic E-state index is 12.7. The van der Waals surface area contributed by atoms with Crippen molar-refractivity contribution in [2.45, 2.75) is 63.1 Å². The maximum Gasteiger partial charge on any atom is 0.237 e. The van der Waals surface area contributed by atoms with E-state index in [-0.39, 0.29) is 18.0 Å². The van der Waals surface area contributed by atoms with Crippen molar-refractivity contribution in [2.24, 2.45) is 0 Å². The SMILES string of the molecule is CN1CCCCC1C(=O)NC1CCC(Nc2cc(-c3c[nH]c4ncccc34)cc(Cl)n2)CC1. The second-order valence-corrected chi connectivity index (χ2v) is 9.75. The molecule has 4 heterocycles. The van der Waals surface area contributed by atoms with Gasteiger partial charge in [-0.15, -0.1) is 0 Å². The Morgan fingerprint density at radius 3 is 2.79 bits per heavy atom. The van der Waals surface area contributed by atoms with Crippen LogP contribution in [-0.4, -0.2) is 57.5 Å². The predicted octanol–water partition coefficient (Wildman–Crippen LogP) is 4.60. The Morgan fingerprint density at radius 1 is 1.15 bits per heavy atom. The topological polar surface area (TPSA) is 85.9 Å². The molecule has 1 aliphatic carbocycles. The lowest BCUT2D eigenvalue weighted by Gasteiger charge is -2.34. The molecule has 3 aromatic rings. The van der Waals surface area contributed by atoms with E-state index in [0.29, 0.717) is 11.2 Å². The smallest absolute Gasteiger partial charge is 0.237 e. The van der Waals surface area contributed by atoms with Gasteiger partial charge in [0.1, 0.15) is 16.6 Å². The summed E-state index contributed by atoms with van der Waals surface area (Å²) >= 11 is 6.37. The second-order valence-electron chi connectivity index (χ2n) is 9.36. The van der Waals surface area contributed by atoms with E-state index in [1.165, 1.54) is 6.42 Å². The number of hydrogen-bond acceptors (Lipinski definition) is 5. The van der Waals surface area contributed by atoms with Crippen LogP contribution in [0.25, 0.3) is 22.2 Å². The first-order chi connectivity index (χ1) is 16.1. The Hall–Kier alpha value is -2.64. The zero-order chi connectivity index (χ0) is 22.8. The van der Waals surface area contributed by atoms with Gasteiger partial charge < -0.3 is 15.6 Å². The second kappa shape index (κ2) is 9.69. The molecule has 0 aromatic carbocycles. The summed E-state index contributed by atoms with van der Waals surface area (Å²) in [6.07, 6.45) is 11.0. The van der Waals surface area contributed by atoms with Crippen LogP contribution in [0.3, 0.4) is 0 Å². The summed E-state index contributed by atoms with van der Waals surface area (Å²) < 4.78 is 0. The van der Waals surface area contributed by atoms with Crippen LogP contribution >= 0.6 is 11.6 Å². The number of aromatic nitrogens is 3. The van der Waals surface area contributed by atoms with Gasteiger partial charge in [-0.05, 0) is 81.9 Å². The van der Waals surface area contributed by atoms with Crippen molar-refractivity contribution in [3.63, 3.8) is 0 Å². The number of pyridine rings is 2. The van der Waals surface area contributed by atoms with Crippen molar-refractivity contribution in [2.75, 3.05) is 18.9 Å². The van der Waals surface area contributed by atoms with Crippen molar-refractivity contribution in [3.8, 4) is 11.1 Å². The van der Waals surface area contributed by atoms with Gasteiger partial charge in [0, 0.05) is 35.4 Å². The first-order valence-electron chi connectivity index (χ1n) is 11.9. The minimum Gasteiger partial charge on any atom is -0.367 e. The number of anilines is 1. The van der Waals surface area contributed by atoms with E-state index < -0.39 is 0 Å². The van der Waals surface area contributed by atoms with E-state index >= 15 is 0 Å². The van der Waals surface area contributed by atoms with Crippen molar-refractivity contribution in [1.29, 1.82) is 0 Å². The van der Waals surface area contributed by atoms with Crippen LogP contribution in [0.5, 0.6) is 0 Å². The average molecular weight is 467 g/mol. The maximum atomic E-state index is 12.7. The van der Waals surface area contributed by atoms with Gasteiger partial charge >= 0.3 is 0 Å². The lowest BCUT2D eigenvalue weighted by atomic mass is 9.90. The molecule has 1 aliphatic heterocycles.